The summed E-state index contributed by atoms with van der Waals surface area (Å²) in [5.41, 5.74) is 6.05. The highest BCUT2D eigenvalue weighted by Crippen LogP contribution is 2.37. The van der Waals surface area contributed by atoms with Gasteiger partial charge in [0.15, 0.2) is 5.13 Å². The highest BCUT2D eigenvalue weighted by atomic mass is 32.1. The minimum atomic E-state index is -0.0948. The lowest BCUT2D eigenvalue weighted by Crippen LogP contribution is -2.41. The summed E-state index contributed by atoms with van der Waals surface area (Å²) in [5.74, 6) is 0.744. The number of nitrogens with zero attached hydrogens (tertiary/aromatic N) is 1. The van der Waals surface area contributed by atoms with E-state index in [0.717, 1.165) is 30.9 Å². The normalized spacial score (nSPS) is 20.7. The predicted octanol–water partition coefficient (Wildman–Crippen LogP) is 3.10. The number of rotatable bonds is 5. The van der Waals surface area contributed by atoms with Gasteiger partial charge in [-0.15, -0.1) is 0 Å². The van der Waals surface area contributed by atoms with E-state index in [2.05, 4.69) is 43.3 Å². The Morgan fingerprint density at radius 2 is 2.24 bits per heavy atom. The summed E-state index contributed by atoms with van der Waals surface area (Å²) >= 11 is 1.33. The van der Waals surface area contributed by atoms with Crippen molar-refractivity contribution in [2.24, 2.45) is 11.3 Å². The number of nitrogen functional groups attached to an aromatic ring is 1. The van der Waals surface area contributed by atoms with Crippen molar-refractivity contribution in [3.8, 4) is 0 Å². The summed E-state index contributed by atoms with van der Waals surface area (Å²) < 4.78 is 0. The second kappa shape index (κ2) is 6.22. The molecule has 1 unspecified atom stereocenters. The molecule has 1 fully saturated rings. The molecule has 0 saturated heterocycles. The number of carbonyl (C=O) groups is 1. The van der Waals surface area contributed by atoms with E-state index in [1.165, 1.54) is 11.3 Å². The maximum Gasteiger partial charge on any atom is 0.265 e. The van der Waals surface area contributed by atoms with E-state index < -0.39 is 0 Å². The molecule has 0 radical (unpaired) electrons. The Hall–Kier alpha value is -1.30. The number of amides is 1. The summed E-state index contributed by atoms with van der Waals surface area (Å²) in [7, 11) is 0. The van der Waals surface area contributed by atoms with Gasteiger partial charge in [0.2, 0.25) is 0 Å². The molecular formula is C15H26N4OS. The number of anilines is 2. The number of hydrogen-bond acceptors (Lipinski definition) is 5. The van der Waals surface area contributed by atoms with E-state index in [-0.39, 0.29) is 17.4 Å². The zero-order chi connectivity index (χ0) is 15.6. The Balaban J connectivity index is 2.02. The molecule has 1 atom stereocenters. The minimum absolute atomic E-state index is 0.0948. The monoisotopic (exact) mass is 310 g/mol. The Morgan fingerprint density at radius 3 is 2.81 bits per heavy atom. The fraction of sp³-hybridized carbons (Fsp3) is 0.733. The van der Waals surface area contributed by atoms with E-state index >= 15 is 0 Å². The molecule has 0 aliphatic heterocycles. The third-order valence-electron chi connectivity index (χ3n) is 4.08. The van der Waals surface area contributed by atoms with Crippen LogP contribution in [0.4, 0.5) is 10.9 Å². The van der Waals surface area contributed by atoms with Crippen LogP contribution in [0.2, 0.25) is 0 Å². The van der Waals surface area contributed by atoms with Crippen LogP contribution in [-0.2, 0) is 0 Å². The first-order valence-electron chi connectivity index (χ1n) is 7.60. The second-order valence-corrected chi connectivity index (χ2v) is 7.91. The molecule has 1 saturated carbocycles. The van der Waals surface area contributed by atoms with Gasteiger partial charge in [0.1, 0.15) is 10.7 Å². The first-order chi connectivity index (χ1) is 9.79. The van der Waals surface area contributed by atoms with Gasteiger partial charge in [-0.3, -0.25) is 4.79 Å². The van der Waals surface area contributed by atoms with Gasteiger partial charge in [-0.1, -0.05) is 45.5 Å². The molecule has 1 heterocycles. The SMILES string of the molecule is CC(C)CNc1nc(N)c(C(=O)NC2CCCC2(C)C)s1. The van der Waals surface area contributed by atoms with Gasteiger partial charge in [-0.25, -0.2) is 4.98 Å². The van der Waals surface area contributed by atoms with Gasteiger partial charge in [0.05, 0.1) is 0 Å². The molecule has 2 rings (SSSR count). The Bertz CT molecular complexity index is 510. The van der Waals surface area contributed by atoms with Gasteiger partial charge < -0.3 is 16.4 Å². The third-order valence-corrected chi connectivity index (χ3v) is 5.11. The van der Waals surface area contributed by atoms with Crippen LogP contribution in [0.15, 0.2) is 0 Å². The van der Waals surface area contributed by atoms with Crippen LogP contribution in [0.3, 0.4) is 0 Å². The lowest BCUT2D eigenvalue weighted by atomic mass is 9.87. The molecule has 1 aromatic heterocycles. The van der Waals surface area contributed by atoms with Gasteiger partial charge in [-0.05, 0) is 24.2 Å². The van der Waals surface area contributed by atoms with Crippen molar-refractivity contribution in [1.29, 1.82) is 0 Å². The van der Waals surface area contributed by atoms with Gasteiger partial charge in [-0.2, -0.15) is 0 Å². The van der Waals surface area contributed by atoms with Crippen LogP contribution < -0.4 is 16.4 Å². The standard InChI is InChI=1S/C15H26N4OS/c1-9(2)8-17-14-19-12(16)11(21-14)13(20)18-10-6-5-7-15(10,3)4/h9-10H,5-8,16H2,1-4H3,(H,17,19)(H,18,20). The smallest absolute Gasteiger partial charge is 0.265 e. The molecule has 1 aliphatic rings. The van der Waals surface area contributed by atoms with Crippen molar-refractivity contribution in [2.75, 3.05) is 17.6 Å². The zero-order valence-corrected chi connectivity index (χ0v) is 14.1. The molecule has 6 heteroatoms. The van der Waals surface area contributed by atoms with E-state index in [4.69, 9.17) is 5.73 Å². The lowest BCUT2D eigenvalue weighted by molar-refractivity contribution is 0.0915. The summed E-state index contributed by atoms with van der Waals surface area (Å²) in [6.45, 7) is 9.48. The second-order valence-electron chi connectivity index (χ2n) is 6.91. The summed E-state index contributed by atoms with van der Waals surface area (Å²) in [4.78, 5) is 17.2. The van der Waals surface area contributed by atoms with E-state index in [0.29, 0.717) is 16.6 Å². The molecule has 1 amide bonds. The number of carbonyl (C=O) groups excluding carboxylic acids is 1. The fourth-order valence-corrected chi connectivity index (χ4v) is 3.47. The first-order valence-corrected chi connectivity index (χ1v) is 8.42. The molecule has 0 spiro atoms. The topological polar surface area (TPSA) is 80.0 Å². The van der Waals surface area contributed by atoms with Crippen molar-refractivity contribution >= 4 is 28.2 Å². The number of nitrogens with two attached hydrogens (primary N) is 1. The molecule has 118 valence electrons. The summed E-state index contributed by atoms with van der Waals surface area (Å²) in [5, 5.41) is 7.07. The quantitative estimate of drug-likeness (QED) is 0.780. The number of thiazole rings is 1. The highest BCUT2D eigenvalue weighted by molar-refractivity contribution is 7.18. The van der Waals surface area contributed by atoms with Gasteiger partial charge >= 0.3 is 0 Å². The van der Waals surface area contributed by atoms with Crippen LogP contribution in [0.25, 0.3) is 0 Å². The average molecular weight is 310 g/mol. The largest absolute Gasteiger partial charge is 0.382 e. The molecule has 1 aliphatic carbocycles. The molecule has 4 N–H and O–H groups in total. The maximum absolute atomic E-state index is 12.4. The summed E-state index contributed by atoms with van der Waals surface area (Å²) in [6, 6.07) is 0.221. The fourth-order valence-electron chi connectivity index (χ4n) is 2.68. The third kappa shape index (κ3) is 3.87. The minimum Gasteiger partial charge on any atom is -0.382 e. The van der Waals surface area contributed by atoms with E-state index in [9.17, 15) is 4.79 Å². The lowest BCUT2D eigenvalue weighted by Gasteiger charge is -2.27. The number of hydrogen-bond donors (Lipinski definition) is 3. The van der Waals surface area contributed by atoms with Crippen LogP contribution in [-0.4, -0.2) is 23.5 Å². The zero-order valence-electron chi connectivity index (χ0n) is 13.3. The van der Waals surface area contributed by atoms with E-state index in [1.54, 1.807) is 0 Å². The summed E-state index contributed by atoms with van der Waals surface area (Å²) in [6.07, 6.45) is 3.35. The molecular weight excluding hydrogens is 284 g/mol. The maximum atomic E-state index is 12.4. The van der Waals surface area contributed by atoms with Crippen LogP contribution in [0.1, 0.15) is 56.6 Å². The van der Waals surface area contributed by atoms with Crippen LogP contribution in [0.5, 0.6) is 0 Å². The van der Waals surface area contributed by atoms with Crippen LogP contribution in [0, 0.1) is 11.3 Å². The van der Waals surface area contributed by atoms with Crippen molar-refractivity contribution in [1.82, 2.24) is 10.3 Å². The molecule has 21 heavy (non-hydrogen) atoms. The molecule has 0 bridgehead atoms. The van der Waals surface area contributed by atoms with Crippen LogP contribution >= 0.6 is 11.3 Å². The first kappa shape index (κ1) is 16.1. The van der Waals surface area contributed by atoms with Gasteiger partial charge in [0.25, 0.3) is 5.91 Å². The number of nitrogens with one attached hydrogen (secondary N) is 2. The number of aromatic nitrogens is 1. The highest BCUT2D eigenvalue weighted by Gasteiger charge is 2.36. The predicted molar refractivity (Wildman–Crippen MR) is 88.7 cm³/mol. The Kier molecular flexibility index (Phi) is 4.76. The Morgan fingerprint density at radius 1 is 1.52 bits per heavy atom. The average Bonchev–Trinajstić information content (AvgIpc) is 2.90. The van der Waals surface area contributed by atoms with Crippen molar-refractivity contribution in [2.45, 2.75) is 53.0 Å². The molecule has 0 aromatic carbocycles. The van der Waals surface area contributed by atoms with Gasteiger partial charge in [0, 0.05) is 12.6 Å². The van der Waals surface area contributed by atoms with Crippen molar-refractivity contribution in [3.63, 3.8) is 0 Å². The Labute approximate surface area is 130 Å². The van der Waals surface area contributed by atoms with Crippen molar-refractivity contribution < 1.29 is 4.79 Å². The molecule has 1 aromatic rings. The molecule has 5 nitrogen and oxygen atoms in total. The van der Waals surface area contributed by atoms with Crippen molar-refractivity contribution in [3.05, 3.63) is 4.88 Å². The van der Waals surface area contributed by atoms with E-state index in [1.807, 2.05) is 0 Å².